The first-order valence-corrected chi connectivity index (χ1v) is 6.68. The van der Waals surface area contributed by atoms with Gasteiger partial charge in [-0.3, -0.25) is 4.79 Å². The molecule has 1 aromatic rings. The summed E-state index contributed by atoms with van der Waals surface area (Å²) in [7, 11) is 0. The van der Waals surface area contributed by atoms with Crippen LogP contribution in [0.15, 0.2) is 18.2 Å². The number of benzene rings is 1. The molecule has 19 heavy (non-hydrogen) atoms. The molecular formula is C14H21ClN2O2. The van der Waals surface area contributed by atoms with Crippen LogP contribution in [0.4, 0.5) is 0 Å². The highest BCUT2D eigenvalue weighted by molar-refractivity contribution is 6.32. The number of nitrogens with one attached hydrogen (secondary N) is 1. The summed E-state index contributed by atoms with van der Waals surface area (Å²) in [4.78, 5) is 11.8. The molecule has 0 heterocycles. The van der Waals surface area contributed by atoms with E-state index < -0.39 is 0 Å². The van der Waals surface area contributed by atoms with Gasteiger partial charge in [-0.05, 0) is 26.3 Å². The highest BCUT2D eigenvalue weighted by Crippen LogP contribution is 2.28. The van der Waals surface area contributed by atoms with Crippen molar-refractivity contribution in [3.8, 4) is 5.75 Å². The van der Waals surface area contributed by atoms with Crippen LogP contribution in [-0.2, 0) is 11.3 Å². The van der Waals surface area contributed by atoms with Gasteiger partial charge >= 0.3 is 0 Å². The molecule has 0 bridgehead atoms. The second-order valence-electron chi connectivity index (χ2n) is 5.01. The quantitative estimate of drug-likeness (QED) is 0.843. The third kappa shape index (κ3) is 4.73. The predicted molar refractivity (Wildman–Crippen MR) is 77.4 cm³/mol. The summed E-state index contributed by atoms with van der Waals surface area (Å²) < 4.78 is 5.49. The molecule has 0 aromatic heterocycles. The Bertz CT molecular complexity index is 447. The second-order valence-corrected chi connectivity index (χ2v) is 5.41. The van der Waals surface area contributed by atoms with Gasteiger partial charge in [0.25, 0.3) is 5.91 Å². The molecule has 5 heteroatoms. The largest absolute Gasteiger partial charge is 0.482 e. The van der Waals surface area contributed by atoms with Crippen molar-refractivity contribution in [1.29, 1.82) is 0 Å². The summed E-state index contributed by atoms with van der Waals surface area (Å²) in [6.07, 6.45) is 0.846. The average Bonchev–Trinajstić information content (AvgIpc) is 2.36. The van der Waals surface area contributed by atoms with Gasteiger partial charge in [-0.2, -0.15) is 0 Å². The Morgan fingerprint density at radius 3 is 2.74 bits per heavy atom. The zero-order valence-electron chi connectivity index (χ0n) is 11.6. The van der Waals surface area contributed by atoms with Gasteiger partial charge in [0.05, 0.1) is 5.02 Å². The lowest BCUT2D eigenvalue weighted by molar-refractivity contribution is -0.124. The first kappa shape index (κ1) is 15.8. The molecule has 1 aromatic carbocycles. The zero-order valence-corrected chi connectivity index (χ0v) is 12.4. The Balaban J connectivity index is 2.65. The van der Waals surface area contributed by atoms with E-state index in [9.17, 15) is 4.79 Å². The van der Waals surface area contributed by atoms with E-state index in [1.165, 1.54) is 0 Å². The van der Waals surface area contributed by atoms with Crippen molar-refractivity contribution >= 4 is 17.5 Å². The van der Waals surface area contributed by atoms with Crippen LogP contribution in [-0.4, -0.2) is 18.1 Å². The van der Waals surface area contributed by atoms with Crippen LogP contribution >= 0.6 is 11.6 Å². The van der Waals surface area contributed by atoms with E-state index in [4.69, 9.17) is 22.1 Å². The van der Waals surface area contributed by atoms with Gasteiger partial charge in [0, 0.05) is 17.6 Å². The number of nitrogens with two attached hydrogens (primary N) is 1. The smallest absolute Gasteiger partial charge is 0.258 e. The molecule has 0 fully saturated rings. The fourth-order valence-electron chi connectivity index (χ4n) is 1.52. The molecule has 1 amide bonds. The number of hydrogen-bond donors (Lipinski definition) is 2. The van der Waals surface area contributed by atoms with E-state index in [2.05, 4.69) is 5.32 Å². The maximum absolute atomic E-state index is 11.8. The molecule has 0 saturated heterocycles. The molecule has 0 aliphatic carbocycles. The number of carbonyl (C=O) groups excluding carboxylic acids is 1. The average molecular weight is 285 g/mol. The van der Waals surface area contributed by atoms with Gasteiger partial charge in [-0.1, -0.05) is 30.7 Å². The summed E-state index contributed by atoms with van der Waals surface area (Å²) in [6, 6.07) is 5.34. The zero-order chi connectivity index (χ0) is 14.5. The minimum atomic E-state index is -0.238. The van der Waals surface area contributed by atoms with Crippen LogP contribution in [0.2, 0.25) is 5.02 Å². The van der Waals surface area contributed by atoms with Crippen LogP contribution in [0, 0.1) is 0 Å². The summed E-state index contributed by atoms with van der Waals surface area (Å²) in [5, 5.41) is 3.36. The minimum absolute atomic E-state index is 0.0693. The van der Waals surface area contributed by atoms with Crippen molar-refractivity contribution < 1.29 is 9.53 Å². The first-order valence-electron chi connectivity index (χ1n) is 6.31. The summed E-state index contributed by atoms with van der Waals surface area (Å²) in [5.74, 6) is 0.311. The van der Waals surface area contributed by atoms with E-state index >= 15 is 0 Å². The third-order valence-electron chi connectivity index (χ3n) is 2.98. The van der Waals surface area contributed by atoms with Gasteiger partial charge < -0.3 is 15.8 Å². The summed E-state index contributed by atoms with van der Waals surface area (Å²) in [6.45, 7) is 6.19. The number of rotatable bonds is 6. The molecular weight excluding hydrogens is 264 g/mol. The summed E-state index contributed by atoms with van der Waals surface area (Å²) >= 11 is 6.04. The Morgan fingerprint density at radius 2 is 2.16 bits per heavy atom. The van der Waals surface area contributed by atoms with Gasteiger partial charge in [0.15, 0.2) is 6.61 Å². The Hall–Kier alpha value is -1.26. The molecule has 1 rings (SSSR count). The molecule has 0 radical (unpaired) electrons. The molecule has 106 valence electrons. The lowest BCUT2D eigenvalue weighted by Gasteiger charge is -2.24. The van der Waals surface area contributed by atoms with Crippen LogP contribution in [0.25, 0.3) is 0 Å². The topological polar surface area (TPSA) is 64.3 Å². The lowest BCUT2D eigenvalue weighted by atomic mass is 10.0. The fourth-order valence-corrected chi connectivity index (χ4v) is 1.76. The van der Waals surface area contributed by atoms with Crippen molar-refractivity contribution in [3.05, 3.63) is 28.8 Å². The van der Waals surface area contributed by atoms with Crippen molar-refractivity contribution in [2.75, 3.05) is 6.61 Å². The van der Waals surface area contributed by atoms with Crippen molar-refractivity contribution in [1.82, 2.24) is 5.32 Å². The Kier molecular flexibility index (Phi) is 5.63. The van der Waals surface area contributed by atoms with Crippen LogP contribution in [0.3, 0.4) is 0 Å². The SMILES string of the molecule is CCC(C)(C)NC(=O)COc1c(Cl)cccc1CN. The third-order valence-corrected chi connectivity index (χ3v) is 3.28. The molecule has 0 spiro atoms. The number of amides is 1. The van der Waals surface area contributed by atoms with Crippen LogP contribution in [0.1, 0.15) is 32.8 Å². The van der Waals surface area contributed by atoms with E-state index in [1.54, 1.807) is 12.1 Å². The molecule has 3 N–H and O–H groups in total. The van der Waals surface area contributed by atoms with E-state index in [0.29, 0.717) is 17.3 Å². The van der Waals surface area contributed by atoms with E-state index in [0.717, 1.165) is 12.0 Å². The summed E-state index contributed by atoms with van der Waals surface area (Å²) in [5.41, 5.74) is 6.16. The minimum Gasteiger partial charge on any atom is -0.482 e. The maximum Gasteiger partial charge on any atom is 0.258 e. The van der Waals surface area contributed by atoms with Gasteiger partial charge in [-0.25, -0.2) is 0 Å². The van der Waals surface area contributed by atoms with E-state index in [1.807, 2.05) is 26.8 Å². The maximum atomic E-state index is 11.8. The fraction of sp³-hybridized carbons (Fsp3) is 0.500. The predicted octanol–water partition coefficient (Wildman–Crippen LogP) is 2.48. The van der Waals surface area contributed by atoms with Gasteiger partial charge in [0.1, 0.15) is 5.75 Å². The molecule has 0 unspecified atom stereocenters. The highest BCUT2D eigenvalue weighted by Gasteiger charge is 2.18. The Labute approximate surface area is 119 Å². The standard InChI is InChI=1S/C14H21ClN2O2/c1-4-14(2,3)17-12(18)9-19-13-10(8-16)6-5-7-11(13)15/h5-7H,4,8-9,16H2,1-3H3,(H,17,18). The number of carbonyl (C=O) groups is 1. The molecule has 0 saturated carbocycles. The molecule has 0 atom stereocenters. The molecule has 4 nitrogen and oxygen atoms in total. The van der Waals surface area contributed by atoms with E-state index in [-0.39, 0.29) is 18.1 Å². The van der Waals surface area contributed by atoms with Crippen LogP contribution in [0.5, 0.6) is 5.75 Å². The number of halogens is 1. The van der Waals surface area contributed by atoms with Gasteiger partial charge in [0.2, 0.25) is 0 Å². The van der Waals surface area contributed by atoms with Gasteiger partial charge in [-0.15, -0.1) is 0 Å². The number of hydrogen-bond acceptors (Lipinski definition) is 3. The number of para-hydroxylation sites is 1. The second kappa shape index (κ2) is 6.78. The molecule has 0 aliphatic heterocycles. The molecule has 0 aliphatic rings. The normalized spacial score (nSPS) is 11.2. The monoisotopic (exact) mass is 284 g/mol. The Morgan fingerprint density at radius 1 is 1.47 bits per heavy atom. The highest BCUT2D eigenvalue weighted by atomic mass is 35.5. The van der Waals surface area contributed by atoms with Crippen molar-refractivity contribution in [2.45, 2.75) is 39.3 Å². The van der Waals surface area contributed by atoms with Crippen molar-refractivity contribution in [2.24, 2.45) is 5.73 Å². The van der Waals surface area contributed by atoms with Crippen LogP contribution < -0.4 is 15.8 Å². The lowest BCUT2D eigenvalue weighted by Crippen LogP contribution is -2.44. The number of ether oxygens (including phenoxy) is 1. The first-order chi connectivity index (χ1) is 8.89. The van der Waals surface area contributed by atoms with Crippen molar-refractivity contribution in [3.63, 3.8) is 0 Å².